The molecule has 2 saturated heterocycles. The maximum atomic E-state index is 12.9. The van der Waals surface area contributed by atoms with Crippen LogP contribution in [0.15, 0.2) is 17.1 Å². The summed E-state index contributed by atoms with van der Waals surface area (Å²) in [7, 11) is 0. The first-order valence-corrected chi connectivity index (χ1v) is 11.3. The Morgan fingerprint density at radius 3 is 2.75 bits per heavy atom. The minimum atomic E-state index is -0.350. The van der Waals surface area contributed by atoms with Crippen molar-refractivity contribution in [1.29, 1.82) is 0 Å². The molecule has 0 aromatic carbocycles. The van der Waals surface area contributed by atoms with Crippen molar-refractivity contribution in [3.05, 3.63) is 33.2 Å². The zero-order chi connectivity index (χ0) is 19.6. The number of amides is 1. The normalized spacial score (nSPS) is 26.8. The number of aromatic nitrogens is 1. The second-order valence-corrected chi connectivity index (χ2v) is 9.62. The first-order chi connectivity index (χ1) is 13.5. The number of halogens is 1. The second-order valence-electron chi connectivity index (χ2n) is 9.21. The molecule has 3 fully saturated rings. The van der Waals surface area contributed by atoms with E-state index in [1.54, 1.807) is 0 Å². The summed E-state index contributed by atoms with van der Waals surface area (Å²) < 4.78 is 0. The third-order valence-corrected chi connectivity index (χ3v) is 7.43. The van der Waals surface area contributed by atoms with Crippen LogP contribution in [0.4, 0.5) is 0 Å². The van der Waals surface area contributed by atoms with Gasteiger partial charge in [0, 0.05) is 31.2 Å². The van der Waals surface area contributed by atoms with E-state index in [2.05, 4.69) is 9.88 Å². The lowest BCUT2D eigenvalue weighted by molar-refractivity contribution is 0.0674. The van der Waals surface area contributed by atoms with Crippen LogP contribution in [0.1, 0.15) is 68.1 Å². The SMILES string of the molecule is O=C(c1c[nH]c(=O)c(Cl)c1)N1CC[C@]2(CCCN(CCC3CCCCC3)C2)C1. The molecule has 3 heterocycles. The molecule has 2 aliphatic heterocycles. The largest absolute Gasteiger partial charge is 0.338 e. The van der Waals surface area contributed by atoms with Crippen LogP contribution >= 0.6 is 11.6 Å². The molecular weight excluding hydrogens is 374 g/mol. The van der Waals surface area contributed by atoms with Crippen LogP contribution < -0.4 is 5.56 Å². The first kappa shape index (κ1) is 20.0. The minimum absolute atomic E-state index is 0.0191. The van der Waals surface area contributed by atoms with Gasteiger partial charge in [-0.05, 0) is 50.8 Å². The van der Waals surface area contributed by atoms with Gasteiger partial charge in [0.2, 0.25) is 0 Å². The maximum Gasteiger partial charge on any atom is 0.266 e. The fourth-order valence-electron chi connectivity index (χ4n) is 5.55. The number of piperidine rings is 1. The molecule has 1 spiro atoms. The quantitative estimate of drug-likeness (QED) is 0.825. The van der Waals surface area contributed by atoms with E-state index >= 15 is 0 Å². The van der Waals surface area contributed by atoms with E-state index in [4.69, 9.17) is 11.6 Å². The molecule has 0 bridgehead atoms. The van der Waals surface area contributed by atoms with E-state index in [9.17, 15) is 9.59 Å². The minimum Gasteiger partial charge on any atom is -0.338 e. The van der Waals surface area contributed by atoms with Gasteiger partial charge < -0.3 is 14.8 Å². The van der Waals surface area contributed by atoms with Crippen LogP contribution in [0, 0.1) is 11.3 Å². The van der Waals surface area contributed by atoms with Crippen molar-refractivity contribution in [2.45, 2.75) is 57.8 Å². The Morgan fingerprint density at radius 1 is 1.14 bits per heavy atom. The number of carbonyl (C=O) groups is 1. The number of carbonyl (C=O) groups excluding carboxylic acids is 1. The molecule has 3 aliphatic rings. The summed E-state index contributed by atoms with van der Waals surface area (Å²) in [6.07, 6.45) is 13.4. The lowest BCUT2D eigenvalue weighted by Gasteiger charge is -2.41. The molecule has 6 heteroatoms. The third-order valence-electron chi connectivity index (χ3n) is 7.15. The monoisotopic (exact) mass is 405 g/mol. The topological polar surface area (TPSA) is 56.4 Å². The van der Waals surface area contributed by atoms with Gasteiger partial charge in [0.15, 0.2) is 0 Å². The smallest absolute Gasteiger partial charge is 0.266 e. The highest BCUT2D eigenvalue weighted by Gasteiger charge is 2.42. The molecule has 5 nitrogen and oxygen atoms in total. The number of nitrogens with one attached hydrogen (secondary N) is 1. The summed E-state index contributed by atoms with van der Waals surface area (Å²) in [4.78, 5) is 31.5. The lowest BCUT2D eigenvalue weighted by Crippen LogP contribution is -2.46. The van der Waals surface area contributed by atoms with E-state index < -0.39 is 0 Å². The van der Waals surface area contributed by atoms with Gasteiger partial charge >= 0.3 is 0 Å². The molecule has 0 unspecified atom stereocenters. The van der Waals surface area contributed by atoms with Crippen molar-refractivity contribution in [3.63, 3.8) is 0 Å². The fraction of sp³-hybridized carbons (Fsp3) is 0.727. The highest BCUT2D eigenvalue weighted by atomic mass is 35.5. The number of H-pyrrole nitrogens is 1. The zero-order valence-electron chi connectivity index (χ0n) is 16.7. The van der Waals surface area contributed by atoms with Gasteiger partial charge in [0.25, 0.3) is 11.5 Å². The maximum absolute atomic E-state index is 12.9. The number of likely N-dealkylation sites (tertiary alicyclic amines) is 2. The van der Waals surface area contributed by atoms with Crippen LogP contribution in [-0.2, 0) is 0 Å². The van der Waals surface area contributed by atoms with Crippen molar-refractivity contribution < 1.29 is 4.79 Å². The number of hydrogen-bond donors (Lipinski definition) is 1. The third kappa shape index (κ3) is 4.46. The number of hydrogen-bond acceptors (Lipinski definition) is 3. The summed E-state index contributed by atoms with van der Waals surface area (Å²) in [5.74, 6) is 0.910. The molecule has 0 radical (unpaired) electrons. The van der Waals surface area contributed by atoms with Gasteiger partial charge in [-0.15, -0.1) is 0 Å². The average Bonchev–Trinajstić information content (AvgIpc) is 3.12. The molecule has 4 rings (SSSR count). The molecule has 1 N–H and O–H groups in total. The Labute approximate surface area is 172 Å². The van der Waals surface area contributed by atoms with Gasteiger partial charge in [0.05, 0.1) is 5.56 Å². The van der Waals surface area contributed by atoms with Crippen molar-refractivity contribution in [2.24, 2.45) is 11.3 Å². The molecular formula is C22H32ClN3O2. The van der Waals surface area contributed by atoms with Gasteiger partial charge in [-0.3, -0.25) is 9.59 Å². The van der Waals surface area contributed by atoms with Crippen LogP contribution in [-0.4, -0.2) is 53.4 Å². The highest BCUT2D eigenvalue weighted by molar-refractivity contribution is 6.30. The van der Waals surface area contributed by atoms with Crippen molar-refractivity contribution in [2.75, 3.05) is 32.7 Å². The van der Waals surface area contributed by atoms with Gasteiger partial charge in [0.1, 0.15) is 5.02 Å². The highest BCUT2D eigenvalue weighted by Crippen LogP contribution is 2.40. The molecule has 28 heavy (non-hydrogen) atoms. The predicted molar refractivity (Wildman–Crippen MR) is 112 cm³/mol. The summed E-state index contributed by atoms with van der Waals surface area (Å²) in [6, 6.07) is 1.49. The van der Waals surface area contributed by atoms with Crippen LogP contribution in [0.5, 0.6) is 0 Å². The number of rotatable bonds is 4. The summed E-state index contributed by atoms with van der Waals surface area (Å²) >= 11 is 5.90. The van der Waals surface area contributed by atoms with Gasteiger partial charge in [-0.25, -0.2) is 0 Å². The first-order valence-electron chi connectivity index (χ1n) is 10.9. The summed E-state index contributed by atoms with van der Waals surface area (Å²) in [6.45, 7) is 5.16. The molecule has 1 aromatic heterocycles. The Kier molecular flexibility index (Phi) is 6.12. The van der Waals surface area contributed by atoms with Crippen LogP contribution in [0.2, 0.25) is 5.02 Å². The lowest BCUT2D eigenvalue weighted by atomic mass is 9.79. The number of nitrogens with zero attached hydrogens (tertiary/aromatic N) is 2. The average molecular weight is 406 g/mol. The van der Waals surface area contributed by atoms with E-state index in [1.165, 1.54) is 76.7 Å². The van der Waals surface area contributed by atoms with Gasteiger partial charge in [-0.1, -0.05) is 43.7 Å². The standard InChI is InChI=1S/C22H32ClN3O2/c23-19-13-18(14-24-20(19)27)21(28)26-12-9-22(16-26)8-4-10-25(15-22)11-7-17-5-2-1-3-6-17/h13-14,17H,1-12,15-16H2,(H,24,27)/t22-/m0/s1. The Bertz CT molecular complexity index is 758. The molecule has 1 atom stereocenters. The molecule has 1 aromatic rings. The Morgan fingerprint density at radius 2 is 1.96 bits per heavy atom. The number of pyridine rings is 1. The second kappa shape index (κ2) is 8.58. The number of aromatic amines is 1. The summed E-state index contributed by atoms with van der Waals surface area (Å²) in [5, 5.41) is 0.0753. The van der Waals surface area contributed by atoms with Gasteiger partial charge in [-0.2, -0.15) is 0 Å². The van der Waals surface area contributed by atoms with E-state index in [-0.39, 0.29) is 21.9 Å². The van der Waals surface area contributed by atoms with E-state index in [1.807, 2.05) is 4.90 Å². The molecule has 154 valence electrons. The van der Waals surface area contributed by atoms with E-state index in [0.29, 0.717) is 5.56 Å². The predicted octanol–water partition coefficient (Wildman–Crippen LogP) is 3.93. The van der Waals surface area contributed by atoms with Crippen molar-refractivity contribution in [3.8, 4) is 0 Å². The molecule has 1 aliphatic carbocycles. The van der Waals surface area contributed by atoms with Crippen molar-refractivity contribution in [1.82, 2.24) is 14.8 Å². The van der Waals surface area contributed by atoms with Crippen LogP contribution in [0.25, 0.3) is 0 Å². The van der Waals surface area contributed by atoms with Crippen LogP contribution in [0.3, 0.4) is 0 Å². The fourth-order valence-corrected chi connectivity index (χ4v) is 5.72. The van der Waals surface area contributed by atoms with Crippen molar-refractivity contribution >= 4 is 17.5 Å². The Balaban J connectivity index is 1.34. The summed E-state index contributed by atoms with van der Waals surface area (Å²) in [5.41, 5.74) is 0.371. The molecule has 1 saturated carbocycles. The Hall–Kier alpha value is -1.33. The van der Waals surface area contributed by atoms with E-state index in [0.717, 1.165) is 32.0 Å². The zero-order valence-corrected chi connectivity index (χ0v) is 17.5. The molecule has 1 amide bonds.